The van der Waals surface area contributed by atoms with Crippen LogP contribution in [0.1, 0.15) is 20.8 Å². The molecule has 0 bridgehead atoms. The summed E-state index contributed by atoms with van der Waals surface area (Å²) in [6.45, 7) is 7.26. The molecule has 6 heteroatoms. The molecule has 1 aliphatic heterocycles. The minimum atomic E-state index is -0.384. The van der Waals surface area contributed by atoms with Gasteiger partial charge in [0.05, 0.1) is 6.20 Å². The number of halogens is 1. The molecule has 0 amide bonds. The number of hydrogen-bond donors (Lipinski definition) is 3. The van der Waals surface area contributed by atoms with Gasteiger partial charge in [0.1, 0.15) is 6.67 Å². The second kappa shape index (κ2) is 5.14. The molecular weight excluding hydrogens is 185 g/mol. The molecule has 82 valence electrons. The van der Waals surface area contributed by atoms with E-state index in [1.807, 2.05) is 20.8 Å². The van der Waals surface area contributed by atoms with Gasteiger partial charge in [0.2, 0.25) is 5.95 Å². The molecule has 0 fully saturated rings. The Labute approximate surface area is 83.8 Å². The van der Waals surface area contributed by atoms with Gasteiger partial charge in [-0.05, 0) is 13.8 Å². The van der Waals surface area contributed by atoms with Gasteiger partial charge in [-0.1, -0.05) is 6.92 Å². The van der Waals surface area contributed by atoms with Gasteiger partial charge in [0, 0.05) is 12.6 Å². The van der Waals surface area contributed by atoms with Crippen molar-refractivity contribution in [1.29, 1.82) is 0 Å². The zero-order valence-electron chi connectivity index (χ0n) is 8.84. The lowest BCUT2D eigenvalue weighted by atomic mass is 10.4. The molecule has 0 saturated carbocycles. The summed E-state index contributed by atoms with van der Waals surface area (Å²) in [5.41, 5.74) is 8.64. The zero-order chi connectivity index (χ0) is 10.6. The van der Waals surface area contributed by atoms with Crippen LogP contribution in [-0.4, -0.2) is 29.4 Å². The van der Waals surface area contributed by atoms with Crippen LogP contribution >= 0.6 is 0 Å². The van der Waals surface area contributed by atoms with Crippen molar-refractivity contribution in [2.24, 2.45) is 0 Å². The average Bonchev–Trinajstić information content (AvgIpc) is 2.01. The van der Waals surface area contributed by atoms with Crippen LogP contribution in [0.4, 0.5) is 4.39 Å². The van der Waals surface area contributed by atoms with Crippen molar-refractivity contribution in [1.82, 2.24) is 26.4 Å². The third kappa shape index (κ3) is 3.49. The maximum absolute atomic E-state index is 13.0. The Balaban J connectivity index is 2.47. The second-order valence-electron chi connectivity index (χ2n) is 3.42. The summed E-state index contributed by atoms with van der Waals surface area (Å²) >= 11 is 0. The Morgan fingerprint density at radius 3 is 2.93 bits per heavy atom. The van der Waals surface area contributed by atoms with Gasteiger partial charge >= 0.3 is 0 Å². The largest absolute Gasteiger partial charge is 0.294 e. The molecule has 5 nitrogen and oxygen atoms in total. The summed E-state index contributed by atoms with van der Waals surface area (Å²) < 4.78 is 13.0. The first kappa shape index (κ1) is 11.2. The molecule has 14 heavy (non-hydrogen) atoms. The molecule has 0 aromatic heterocycles. The van der Waals surface area contributed by atoms with Crippen LogP contribution < -0.4 is 16.3 Å². The van der Waals surface area contributed by atoms with Crippen molar-refractivity contribution in [2.75, 3.05) is 13.2 Å². The smallest absolute Gasteiger partial charge is 0.220 e. The molecule has 0 radical (unpaired) electrons. The maximum atomic E-state index is 13.0. The number of nitrogens with one attached hydrogen (secondary N) is 3. The number of nitrogens with zero attached hydrogens (tertiary/aromatic N) is 2. The second-order valence-corrected chi connectivity index (χ2v) is 3.42. The van der Waals surface area contributed by atoms with E-state index in [4.69, 9.17) is 0 Å². The van der Waals surface area contributed by atoms with E-state index in [2.05, 4.69) is 16.3 Å². The van der Waals surface area contributed by atoms with E-state index >= 15 is 0 Å². The molecule has 0 spiro atoms. The third-order valence-electron chi connectivity index (χ3n) is 1.58. The van der Waals surface area contributed by atoms with Crippen LogP contribution in [0.5, 0.6) is 0 Å². The molecule has 0 saturated heterocycles. The van der Waals surface area contributed by atoms with Crippen LogP contribution in [0.25, 0.3) is 0 Å². The molecule has 3 N–H and O–H groups in total. The fourth-order valence-electron chi connectivity index (χ4n) is 1.21. The number of hydrazine groups is 3. The standard InChI is InChI=1S/C8H18FN5/c1-4-10-13-5-8(9)12-14(6-13)11-7(2)3/h5,7,10-12H,4,6H2,1-3H3. The van der Waals surface area contributed by atoms with Crippen molar-refractivity contribution in [3.8, 4) is 0 Å². The normalized spacial score (nSPS) is 18.4. The summed E-state index contributed by atoms with van der Waals surface area (Å²) in [7, 11) is 0. The Morgan fingerprint density at radius 2 is 2.36 bits per heavy atom. The summed E-state index contributed by atoms with van der Waals surface area (Å²) in [5.74, 6) is -0.384. The molecular formula is C8H18FN5. The van der Waals surface area contributed by atoms with Crippen LogP contribution in [-0.2, 0) is 0 Å². The van der Waals surface area contributed by atoms with E-state index in [0.29, 0.717) is 6.67 Å². The monoisotopic (exact) mass is 203 g/mol. The number of rotatable bonds is 4. The van der Waals surface area contributed by atoms with E-state index in [0.717, 1.165) is 6.54 Å². The van der Waals surface area contributed by atoms with Gasteiger partial charge in [0.15, 0.2) is 0 Å². The molecule has 0 aromatic carbocycles. The molecule has 1 rings (SSSR count). The summed E-state index contributed by atoms with van der Waals surface area (Å²) in [5, 5.41) is 3.28. The molecule has 1 heterocycles. The van der Waals surface area contributed by atoms with Gasteiger partial charge in [-0.15, -0.1) is 5.12 Å². The van der Waals surface area contributed by atoms with Crippen LogP contribution in [0.2, 0.25) is 0 Å². The van der Waals surface area contributed by atoms with Crippen molar-refractivity contribution in [2.45, 2.75) is 26.8 Å². The van der Waals surface area contributed by atoms with Gasteiger partial charge < -0.3 is 0 Å². The SMILES string of the molecule is CCNN1C=C(F)NN(NC(C)C)C1. The molecule has 0 unspecified atom stereocenters. The molecule has 0 aliphatic carbocycles. The van der Waals surface area contributed by atoms with Crippen molar-refractivity contribution < 1.29 is 4.39 Å². The predicted octanol–water partition coefficient (Wildman–Crippen LogP) is 0.272. The van der Waals surface area contributed by atoms with Crippen molar-refractivity contribution in [3.05, 3.63) is 12.2 Å². The first-order valence-electron chi connectivity index (χ1n) is 4.79. The van der Waals surface area contributed by atoms with E-state index in [-0.39, 0.29) is 12.0 Å². The predicted molar refractivity (Wildman–Crippen MR) is 52.8 cm³/mol. The highest BCUT2D eigenvalue weighted by atomic mass is 19.1. The zero-order valence-corrected chi connectivity index (χ0v) is 8.84. The van der Waals surface area contributed by atoms with E-state index in [1.54, 1.807) is 10.1 Å². The maximum Gasteiger partial charge on any atom is 0.220 e. The third-order valence-corrected chi connectivity index (χ3v) is 1.58. The highest BCUT2D eigenvalue weighted by Gasteiger charge is 2.16. The first-order chi connectivity index (χ1) is 6.61. The quantitative estimate of drug-likeness (QED) is 0.572. The topological polar surface area (TPSA) is 42.6 Å². The Bertz CT molecular complexity index is 206. The van der Waals surface area contributed by atoms with Crippen LogP contribution in [0, 0.1) is 0 Å². The minimum Gasteiger partial charge on any atom is -0.294 e. The molecule has 0 aromatic rings. The van der Waals surface area contributed by atoms with Gasteiger partial charge in [0.25, 0.3) is 0 Å². The molecule has 0 atom stereocenters. The lowest BCUT2D eigenvalue weighted by molar-refractivity contribution is 0.00961. The van der Waals surface area contributed by atoms with E-state index in [1.165, 1.54) is 6.20 Å². The Kier molecular flexibility index (Phi) is 4.12. The lowest BCUT2D eigenvalue weighted by Crippen LogP contribution is -2.58. The fourth-order valence-corrected chi connectivity index (χ4v) is 1.21. The highest BCUT2D eigenvalue weighted by Crippen LogP contribution is 2.02. The van der Waals surface area contributed by atoms with Crippen LogP contribution in [0.3, 0.4) is 0 Å². The average molecular weight is 203 g/mol. The van der Waals surface area contributed by atoms with E-state index in [9.17, 15) is 4.39 Å². The number of hydrogen-bond acceptors (Lipinski definition) is 5. The van der Waals surface area contributed by atoms with Gasteiger partial charge in [-0.2, -0.15) is 4.39 Å². The van der Waals surface area contributed by atoms with E-state index < -0.39 is 0 Å². The Hall–Kier alpha value is -0.850. The summed E-state index contributed by atoms with van der Waals surface area (Å²) in [6, 6.07) is 0.261. The van der Waals surface area contributed by atoms with Gasteiger partial charge in [-0.25, -0.2) is 10.9 Å². The van der Waals surface area contributed by atoms with Crippen molar-refractivity contribution in [3.63, 3.8) is 0 Å². The van der Waals surface area contributed by atoms with Gasteiger partial charge in [-0.3, -0.25) is 10.4 Å². The van der Waals surface area contributed by atoms with Crippen LogP contribution in [0.15, 0.2) is 12.2 Å². The summed E-state index contributed by atoms with van der Waals surface area (Å²) in [6.07, 6.45) is 1.39. The van der Waals surface area contributed by atoms with Crippen molar-refractivity contribution >= 4 is 0 Å². The minimum absolute atomic E-state index is 0.261. The Morgan fingerprint density at radius 1 is 1.64 bits per heavy atom. The fraction of sp³-hybridized carbons (Fsp3) is 0.750. The first-order valence-corrected chi connectivity index (χ1v) is 4.79. The highest BCUT2D eigenvalue weighted by molar-refractivity contribution is 4.89. The molecule has 1 aliphatic rings. The lowest BCUT2D eigenvalue weighted by Gasteiger charge is -2.35. The summed E-state index contributed by atoms with van der Waals surface area (Å²) in [4.78, 5) is 0.